The van der Waals surface area contributed by atoms with Crippen LogP contribution in [0.15, 0.2) is 12.4 Å². The summed E-state index contributed by atoms with van der Waals surface area (Å²) in [6.45, 7) is 3.47. The zero-order valence-electron chi connectivity index (χ0n) is 15.4. The van der Waals surface area contributed by atoms with Gasteiger partial charge in [0.2, 0.25) is 5.95 Å². The van der Waals surface area contributed by atoms with Crippen LogP contribution in [-0.4, -0.2) is 30.9 Å². The second-order valence-corrected chi connectivity index (χ2v) is 7.84. The maximum absolute atomic E-state index is 6.33. The molecule has 1 saturated carbocycles. The molecule has 0 aromatic carbocycles. The molecule has 2 aliphatic rings. The van der Waals surface area contributed by atoms with E-state index in [0.29, 0.717) is 29.5 Å². The minimum atomic E-state index is 0.448. The van der Waals surface area contributed by atoms with Crippen molar-refractivity contribution in [1.82, 2.24) is 24.3 Å². The number of nitrogens with zero attached hydrogens (tertiary/aromatic N) is 5. The molecule has 1 aliphatic carbocycles. The van der Waals surface area contributed by atoms with E-state index < -0.39 is 0 Å². The Hall–Kier alpha value is -2.28. The molecular weight excluding hydrogens is 364 g/mol. The molecule has 5 rings (SSSR count). The molecule has 142 valence electrons. The van der Waals surface area contributed by atoms with Crippen LogP contribution in [0.1, 0.15) is 50.3 Å². The van der Waals surface area contributed by atoms with Crippen molar-refractivity contribution in [2.24, 2.45) is 0 Å². The smallest absolute Gasteiger partial charge is 0.257 e. The van der Waals surface area contributed by atoms with Gasteiger partial charge in [-0.25, -0.2) is 4.98 Å². The van der Waals surface area contributed by atoms with Gasteiger partial charge in [-0.3, -0.25) is 4.68 Å². The quantitative estimate of drug-likeness (QED) is 0.660. The van der Waals surface area contributed by atoms with Crippen LogP contribution in [0.3, 0.4) is 0 Å². The third-order valence-electron chi connectivity index (χ3n) is 5.62. The van der Waals surface area contributed by atoms with Gasteiger partial charge in [-0.1, -0.05) is 30.9 Å². The van der Waals surface area contributed by atoms with E-state index in [9.17, 15) is 0 Å². The van der Waals surface area contributed by atoms with Gasteiger partial charge >= 0.3 is 0 Å². The molecule has 0 unspecified atom stereocenters. The average Bonchev–Trinajstić information content (AvgIpc) is 3.16. The van der Waals surface area contributed by atoms with E-state index in [1.807, 2.05) is 6.20 Å². The zero-order valence-corrected chi connectivity index (χ0v) is 16.2. The van der Waals surface area contributed by atoms with E-state index in [-0.39, 0.29) is 0 Å². The fourth-order valence-electron chi connectivity index (χ4n) is 4.19. The van der Waals surface area contributed by atoms with Crippen molar-refractivity contribution in [1.29, 1.82) is 0 Å². The first-order chi connectivity index (χ1) is 13.2. The van der Waals surface area contributed by atoms with E-state index in [1.165, 1.54) is 32.1 Å². The Kier molecular flexibility index (Phi) is 4.19. The summed E-state index contributed by atoms with van der Waals surface area (Å²) in [5.41, 5.74) is 2.79. The molecular formula is C19H23ClN6O. The summed E-state index contributed by atoms with van der Waals surface area (Å²) in [6.07, 6.45) is 10.8. The molecule has 0 radical (unpaired) electrons. The molecule has 4 heterocycles. The lowest BCUT2D eigenvalue weighted by Gasteiger charge is -2.23. The number of anilines is 2. The van der Waals surface area contributed by atoms with Crippen molar-refractivity contribution in [3.63, 3.8) is 0 Å². The predicted octanol–water partition coefficient (Wildman–Crippen LogP) is 4.62. The Morgan fingerprint density at radius 2 is 2.07 bits per heavy atom. The molecule has 0 saturated heterocycles. The molecule has 8 heteroatoms. The van der Waals surface area contributed by atoms with Crippen molar-refractivity contribution in [3.05, 3.63) is 23.1 Å². The minimum Gasteiger partial charge on any atom is -0.475 e. The number of aryl methyl sites for hydroxylation is 1. The Morgan fingerprint density at radius 3 is 2.93 bits per heavy atom. The highest BCUT2D eigenvalue weighted by molar-refractivity contribution is 6.35. The SMILES string of the molecule is Cc1c2c(nn1C1CCCCC1)OCCCn1cc(Cl)c3cnc(nc31)N2. The van der Waals surface area contributed by atoms with Gasteiger partial charge in [-0.15, -0.1) is 5.10 Å². The Balaban J connectivity index is 1.57. The van der Waals surface area contributed by atoms with E-state index in [4.69, 9.17) is 26.4 Å². The maximum atomic E-state index is 6.33. The summed E-state index contributed by atoms with van der Waals surface area (Å²) in [4.78, 5) is 9.16. The summed E-state index contributed by atoms with van der Waals surface area (Å²) in [6, 6.07) is 0.448. The third-order valence-corrected chi connectivity index (χ3v) is 5.93. The summed E-state index contributed by atoms with van der Waals surface area (Å²) in [5.74, 6) is 1.18. The molecule has 7 nitrogen and oxygen atoms in total. The van der Waals surface area contributed by atoms with Crippen molar-refractivity contribution >= 4 is 34.3 Å². The van der Waals surface area contributed by atoms with Crippen LogP contribution in [0.25, 0.3) is 11.0 Å². The highest BCUT2D eigenvalue weighted by Crippen LogP contribution is 2.36. The van der Waals surface area contributed by atoms with Crippen molar-refractivity contribution in [2.75, 3.05) is 11.9 Å². The monoisotopic (exact) mass is 386 g/mol. The number of aromatic nitrogens is 5. The number of fused-ring (bicyclic) bond motifs is 2. The lowest BCUT2D eigenvalue weighted by Crippen LogP contribution is -2.15. The number of rotatable bonds is 1. The van der Waals surface area contributed by atoms with Gasteiger partial charge in [0.1, 0.15) is 11.3 Å². The van der Waals surface area contributed by atoms with Crippen LogP contribution in [0.2, 0.25) is 5.02 Å². The molecule has 3 aromatic heterocycles. The molecule has 1 fully saturated rings. The molecule has 2 bridgehead atoms. The molecule has 0 spiro atoms. The Morgan fingerprint density at radius 1 is 1.22 bits per heavy atom. The molecule has 0 atom stereocenters. The van der Waals surface area contributed by atoms with Gasteiger partial charge in [-0.05, 0) is 26.2 Å². The van der Waals surface area contributed by atoms with Crippen LogP contribution in [0, 0.1) is 6.92 Å². The van der Waals surface area contributed by atoms with Crippen LogP contribution in [-0.2, 0) is 6.54 Å². The Labute approximate surface area is 162 Å². The van der Waals surface area contributed by atoms with E-state index in [0.717, 1.165) is 35.4 Å². The predicted molar refractivity (Wildman–Crippen MR) is 105 cm³/mol. The summed E-state index contributed by atoms with van der Waals surface area (Å²) < 4.78 is 10.3. The fraction of sp³-hybridized carbons (Fsp3) is 0.526. The van der Waals surface area contributed by atoms with E-state index >= 15 is 0 Å². The van der Waals surface area contributed by atoms with Gasteiger partial charge < -0.3 is 14.6 Å². The van der Waals surface area contributed by atoms with Gasteiger partial charge in [0.25, 0.3) is 5.88 Å². The standard InChI is InChI=1S/C19H23ClN6O/c1-12-16-18(24-26(12)13-6-3-2-4-7-13)27-9-5-8-25-11-15(20)14-10-21-19(22-16)23-17(14)25/h10-11,13H,2-9H2,1H3,(H,21,22,23). The second kappa shape index (κ2) is 6.71. The highest BCUT2D eigenvalue weighted by atomic mass is 35.5. The topological polar surface area (TPSA) is 69.8 Å². The second-order valence-electron chi connectivity index (χ2n) is 7.43. The Bertz CT molecular complexity index is 988. The van der Waals surface area contributed by atoms with Crippen LogP contribution < -0.4 is 10.1 Å². The molecule has 27 heavy (non-hydrogen) atoms. The molecule has 0 amide bonds. The zero-order chi connectivity index (χ0) is 18.4. The first kappa shape index (κ1) is 16.9. The first-order valence-corrected chi connectivity index (χ1v) is 10.1. The number of hydrogen-bond acceptors (Lipinski definition) is 5. The number of ether oxygens (including phenoxy) is 1. The van der Waals surface area contributed by atoms with Gasteiger partial charge in [0.15, 0.2) is 0 Å². The maximum Gasteiger partial charge on any atom is 0.257 e. The minimum absolute atomic E-state index is 0.448. The van der Waals surface area contributed by atoms with Crippen LogP contribution in [0.5, 0.6) is 5.88 Å². The van der Waals surface area contributed by atoms with Gasteiger partial charge in [-0.2, -0.15) is 4.98 Å². The number of halogens is 1. The lowest BCUT2D eigenvalue weighted by molar-refractivity contribution is 0.275. The first-order valence-electron chi connectivity index (χ1n) is 9.71. The largest absolute Gasteiger partial charge is 0.475 e. The molecule has 1 N–H and O–H groups in total. The normalized spacial score (nSPS) is 18.0. The fourth-order valence-corrected chi connectivity index (χ4v) is 4.44. The van der Waals surface area contributed by atoms with Crippen molar-refractivity contribution in [3.8, 4) is 5.88 Å². The van der Waals surface area contributed by atoms with Crippen molar-refractivity contribution < 1.29 is 4.74 Å². The van der Waals surface area contributed by atoms with E-state index in [2.05, 4.69) is 26.5 Å². The number of hydrogen-bond donors (Lipinski definition) is 1. The molecule has 1 aliphatic heterocycles. The average molecular weight is 387 g/mol. The van der Waals surface area contributed by atoms with E-state index in [1.54, 1.807) is 6.20 Å². The summed E-state index contributed by atoms with van der Waals surface area (Å²) in [5, 5.41) is 9.72. The highest BCUT2D eigenvalue weighted by Gasteiger charge is 2.24. The van der Waals surface area contributed by atoms with Crippen LogP contribution in [0.4, 0.5) is 11.6 Å². The molecule has 3 aromatic rings. The van der Waals surface area contributed by atoms with Gasteiger partial charge in [0.05, 0.1) is 28.8 Å². The van der Waals surface area contributed by atoms with Gasteiger partial charge in [0, 0.05) is 18.9 Å². The third kappa shape index (κ3) is 2.94. The number of nitrogens with one attached hydrogen (secondary N) is 1. The summed E-state index contributed by atoms with van der Waals surface area (Å²) in [7, 11) is 0. The summed E-state index contributed by atoms with van der Waals surface area (Å²) >= 11 is 6.33. The lowest BCUT2D eigenvalue weighted by atomic mass is 9.95. The van der Waals surface area contributed by atoms with Crippen LogP contribution >= 0.6 is 11.6 Å². The van der Waals surface area contributed by atoms with Crippen molar-refractivity contribution in [2.45, 2.75) is 58.0 Å².